The number of nitrogens with one attached hydrogen (secondary N) is 1. The van der Waals surface area contributed by atoms with Gasteiger partial charge in [0.2, 0.25) is 0 Å². The lowest BCUT2D eigenvalue weighted by molar-refractivity contribution is 0.0357. The van der Waals surface area contributed by atoms with Crippen LogP contribution in [0.1, 0.15) is 40.3 Å². The fourth-order valence-electron chi connectivity index (χ4n) is 1.64. The van der Waals surface area contributed by atoms with Gasteiger partial charge in [0, 0.05) is 12.0 Å². The fourth-order valence-corrected chi connectivity index (χ4v) is 2.02. The molecule has 0 saturated carbocycles. The van der Waals surface area contributed by atoms with Crippen molar-refractivity contribution in [3.05, 3.63) is 28.5 Å². The third-order valence-electron chi connectivity index (χ3n) is 2.63. The van der Waals surface area contributed by atoms with Crippen molar-refractivity contribution in [2.75, 3.05) is 13.2 Å². The highest BCUT2D eigenvalue weighted by Crippen LogP contribution is 2.16. The Hall–Kier alpha value is -1.14. The standard InChI is InChI=1S/C16H25BrN2O3/c1-15(2,3)22-14(20)18-10-16(4,5)11-21-9-12-7-6-8-13(17)19-12/h6-8H,9-11H2,1-5H3,(H,18,20). The minimum absolute atomic E-state index is 0.192. The molecule has 0 aliphatic heterocycles. The molecule has 0 bridgehead atoms. The number of carbonyl (C=O) groups is 1. The smallest absolute Gasteiger partial charge is 0.407 e. The number of ether oxygens (including phenoxy) is 2. The van der Waals surface area contributed by atoms with E-state index in [-0.39, 0.29) is 5.41 Å². The van der Waals surface area contributed by atoms with Crippen molar-refractivity contribution in [3.8, 4) is 0 Å². The Morgan fingerprint density at radius 2 is 1.95 bits per heavy atom. The van der Waals surface area contributed by atoms with E-state index in [9.17, 15) is 4.79 Å². The summed E-state index contributed by atoms with van der Waals surface area (Å²) in [6.45, 7) is 11.0. The molecule has 1 rings (SSSR count). The maximum atomic E-state index is 11.6. The molecular weight excluding hydrogens is 348 g/mol. The Labute approximate surface area is 140 Å². The van der Waals surface area contributed by atoms with E-state index in [1.165, 1.54) is 0 Å². The van der Waals surface area contributed by atoms with Crippen LogP contribution in [0.2, 0.25) is 0 Å². The zero-order valence-electron chi connectivity index (χ0n) is 13.9. The van der Waals surface area contributed by atoms with E-state index in [1.54, 1.807) is 0 Å². The number of carbonyl (C=O) groups excluding carboxylic acids is 1. The molecule has 0 radical (unpaired) electrons. The Balaban J connectivity index is 2.33. The van der Waals surface area contributed by atoms with Gasteiger partial charge in [-0.15, -0.1) is 0 Å². The van der Waals surface area contributed by atoms with Crippen molar-refractivity contribution in [3.63, 3.8) is 0 Å². The van der Waals surface area contributed by atoms with E-state index >= 15 is 0 Å². The largest absolute Gasteiger partial charge is 0.444 e. The number of pyridine rings is 1. The summed E-state index contributed by atoms with van der Waals surface area (Å²) in [4.78, 5) is 16.0. The van der Waals surface area contributed by atoms with Gasteiger partial charge in [-0.3, -0.25) is 0 Å². The van der Waals surface area contributed by atoms with Crippen LogP contribution in [-0.2, 0) is 16.1 Å². The Morgan fingerprint density at radius 1 is 1.27 bits per heavy atom. The molecule has 1 N–H and O–H groups in total. The molecule has 1 aromatic rings. The molecule has 0 unspecified atom stereocenters. The Morgan fingerprint density at radius 3 is 2.55 bits per heavy atom. The lowest BCUT2D eigenvalue weighted by Gasteiger charge is -2.26. The lowest BCUT2D eigenvalue weighted by atomic mass is 9.95. The highest BCUT2D eigenvalue weighted by atomic mass is 79.9. The minimum atomic E-state index is -0.489. The fraction of sp³-hybridized carbons (Fsp3) is 0.625. The molecule has 0 fully saturated rings. The second-order valence-electron chi connectivity index (χ2n) is 6.96. The average Bonchev–Trinajstić information content (AvgIpc) is 2.34. The first-order valence-corrected chi connectivity index (χ1v) is 8.03. The van der Waals surface area contributed by atoms with Crippen molar-refractivity contribution in [2.45, 2.75) is 46.8 Å². The van der Waals surface area contributed by atoms with Gasteiger partial charge in [-0.05, 0) is 48.8 Å². The molecular formula is C16H25BrN2O3. The van der Waals surface area contributed by atoms with Crippen LogP contribution in [0.5, 0.6) is 0 Å². The summed E-state index contributed by atoms with van der Waals surface area (Å²) in [7, 11) is 0. The van der Waals surface area contributed by atoms with Gasteiger partial charge in [-0.1, -0.05) is 19.9 Å². The van der Waals surface area contributed by atoms with Gasteiger partial charge in [-0.25, -0.2) is 9.78 Å². The lowest BCUT2D eigenvalue weighted by Crippen LogP contribution is -2.39. The molecule has 0 spiro atoms. The maximum Gasteiger partial charge on any atom is 0.407 e. The zero-order valence-corrected chi connectivity index (χ0v) is 15.5. The zero-order chi connectivity index (χ0) is 16.8. The maximum absolute atomic E-state index is 11.6. The highest BCUT2D eigenvalue weighted by molar-refractivity contribution is 9.10. The molecule has 0 atom stereocenters. The Bertz CT molecular complexity index is 498. The molecule has 6 heteroatoms. The summed E-state index contributed by atoms with van der Waals surface area (Å²) in [5, 5.41) is 2.77. The second-order valence-corrected chi connectivity index (χ2v) is 7.78. The van der Waals surface area contributed by atoms with E-state index in [0.717, 1.165) is 10.3 Å². The first-order chi connectivity index (χ1) is 10.1. The van der Waals surface area contributed by atoms with Crippen LogP contribution in [0.15, 0.2) is 22.8 Å². The van der Waals surface area contributed by atoms with Crippen LogP contribution < -0.4 is 5.32 Å². The summed E-state index contributed by atoms with van der Waals surface area (Å²) in [5.74, 6) is 0. The summed E-state index contributed by atoms with van der Waals surface area (Å²) in [6, 6.07) is 5.71. The van der Waals surface area contributed by atoms with E-state index in [0.29, 0.717) is 19.8 Å². The topological polar surface area (TPSA) is 60.5 Å². The number of nitrogens with zero attached hydrogens (tertiary/aromatic N) is 1. The van der Waals surface area contributed by atoms with Crippen molar-refractivity contribution < 1.29 is 14.3 Å². The third kappa shape index (κ3) is 8.34. The number of halogens is 1. The molecule has 1 amide bonds. The van der Waals surface area contributed by atoms with Gasteiger partial charge in [-0.2, -0.15) is 0 Å². The van der Waals surface area contributed by atoms with Crippen LogP contribution in [-0.4, -0.2) is 29.8 Å². The molecule has 0 aliphatic rings. The van der Waals surface area contributed by atoms with Gasteiger partial charge in [0.25, 0.3) is 0 Å². The predicted molar refractivity (Wildman–Crippen MR) is 89.6 cm³/mol. The van der Waals surface area contributed by atoms with Crippen LogP contribution in [0.25, 0.3) is 0 Å². The second kappa shape index (κ2) is 7.92. The first-order valence-electron chi connectivity index (χ1n) is 7.23. The molecule has 22 heavy (non-hydrogen) atoms. The molecule has 1 heterocycles. The predicted octanol–water partition coefficient (Wildman–Crippen LogP) is 3.91. The van der Waals surface area contributed by atoms with E-state index in [1.807, 2.05) is 52.8 Å². The molecule has 5 nitrogen and oxygen atoms in total. The number of hydrogen-bond acceptors (Lipinski definition) is 4. The number of rotatable bonds is 6. The van der Waals surface area contributed by atoms with Gasteiger partial charge in [0.05, 0.1) is 18.9 Å². The monoisotopic (exact) mass is 372 g/mol. The Kier molecular flexibility index (Phi) is 6.81. The van der Waals surface area contributed by atoms with Gasteiger partial charge >= 0.3 is 6.09 Å². The van der Waals surface area contributed by atoms with Crippen molar-refractivity contribution in [1.29, 1.82) is 0 Å². The SMILES string of the molecule is CC(C)(CNC(=O)OC(C)(C)C)COCc1cccc(Br)n1. The van der Waals surface area contributed by atoms with Gasteiger partial charge < -0.3 is 14.8 Å². The summed E-state index contributed by atoms with van der Waals surface area (Å²) < 4.78 is 11.7. The number of amides is 1. The van der Waals surface area contributed by atoms with E-state index < -0.39 is 11.7 Å². The van der Waals surface area contributed by atoms with Crippen molar-refractivity contribution >= 4 is 22.0 Å². The third-order valence-corrected chi connectivity index (χ3v) is 3.07. The van der Waals surface area contributed by atoms with Crippen LogP contribution in [0, 0.1) is 5.41 Å². The summed E-state index contributed by atoms with van der Waals surface area (Å²) >= 11 is 3.33. The number of alkyl carbamates (subject to hydrolysis) is 1. The molecule has 0 aromatic carbocycles. The molecule has 0 saturated heterocycles. The quantitative estimate of drug-likeness (QED) is 0.768. The van der Waals surface area contributed by atoms with Crippen LogP contribution >= 0.6 is 15.9 Å². The van der Waals surface area contributed by atoms with Crippen molar-refractivity contribution in [1.82, 2.24) is 10.3 Å². The van der Waals surface area contributed by atoms with Gasteiger partial charge in [0.1, 0.15) is 10.2 Å². The van der Waals surface area contributed by atoms with Gasteiger partial charge in [0.15, 0.2) is 0 Å². The average molecular weight is 373 g/mol. The van der Waals surface area contributed by atoms with Crippen LogP contribution in [0.4, 0.5) is 4.79 Å². The minimum Gasteiger partial charge on any atom is -0.444 e. The first kappa shape index (κ1) is 18.9. The molecule has 1 aromatic heterocycles. The van der Waals surface area contributed by atoms with E-state index in [2.05, 4.69) is 26.2 Å². The molecule has 124 valence electrons. The van der Waals surface area contributed by atoms with E-state index in [4.69, 9.17) is 9.47 Å². The highest BCUT2D eigenvalue weighted by Gasteiger charge is 2.22. The van der Waals surface area contributed by atoms with Crippen molar-refractivity contribution in [2.24, 2.45) is 5.41 Å². The number of hydrogen-bond donors (Lipinski definition) is 1. The summed E-state index contributed by atoms with van der Waals surface area (Å²) in [5.41, 5.74) is 0.185. The summed E-state index contributed by atoms with van der Waals surface area (Å²) in [6.07, 6.45) is -0.408. The normalized spacial score (nSPS) is 12.1. The van der Waals surface area contributed by atoms with Crippen LogP contribution in [0.3, 0.4) is 0 Å². The molecule has 0 aliphatic carbocycles. The number of aromatic nitrogens is 1.